The molecule has 0 aliphatic carbocycles. The zero-order valence-corrected chi connectivity index (χ0v) is 12.3. The molecule has 6 heteroatoms. The number of hydrogen-bond acceptors (Lipinski definition) is 4. The lowest BCUT2D eigenvalue weighted by Crippen LogP contribution is -2.57. The van der Waals surface area contributed by atoms with Gasteiger partial charge in [-0.3, -0.25) is 0 Å². The van der Waals surface area contributed by atoms with Crippen molar-refractivity contribution < 1.29 is 14.3 Å². The van der Waals surface area contributed by atoms with Gasteiger partial charge in [0.2, 0.25) is 0 Å². The molecule has 3 heterocycles. The van der Waals surface area contributed by atoms with Crippen LogP contribution in [0.4, 0.5) is 4.79 Å². The highest BCUT2D eigenvalue weighted by Crippen LogP contribution is 2.29. The van der Waals surface area contributed by atoms with E-state index in [-0.39, 0.29) is 11.6 Å². The average Bonchev–Trinajstić information content (AvgIpc) is 2.99. The Kier molecular flexibility index (Phi) is 4.24. The van der Waals surface area contributed by atoms with Crippen LogP contribution in [-0.2, 0) is 16.0 Å². The highest BCUT2D eigenvalue weighted by Gasteiger charge is 2.39. The molecular weight excluding hydrogens is 276 g/mol. The van der Waals surface area contributed by atoms with Crippen molar-refractivity contribution >= 4 is 17.4 Å². The van der Waals surface area contributed by atoms with Crippen molar-refractivity contribution in [1.82, 2.24) is 10.2 Å². The van der Waals surface area contributed by atoms with E-state index in [4.69, 9.17) is 9.47 Å². The highest BCUT2D eigenvalue weighted by molar-refractivity contribution is 7.09. The minimum atomic E-state index is -0.184. The van der Waals surface area contributed by atoms with E-state index in [2.05, 4.69) is 5.32 Å². The monoisotopic (exact) mass is 296 g/mol. The second kappa shape index (κ2) is 6.11. The summed E-state index contributed by atoms with van der Waals surface area (Å²) in [5.74, 6) is 0. The summed E-state index contributed by atoms with van der Waals surface area (Å²) in [6.45, 7) is 4.01. The third-order valence-electron chi connectivity index (χ3n) is 3.93. The molecule has 0 atom stereocenters. The third kappa shape index (κ3) is 3.13. The molecule has 1 N–H and O–H groups in total. The number of ether oxygens (including phenoxy) is 2. The van der Waals surface area contributed by atoms with Gasteiger partial charge < -0.3 is 19.7 Å². The number of thiophene rings is 1. The zero-order valence-electron chi connectivity index (χ0n) is 11.5. The Morgan fingerprint density at radius 2 is 2.25 bits per heavy atom. The van der Waals surface area contributed by atoms with Crippen molar-refractivity contribution in [3.63, 3.8) is 0 Å². The minimum Gasteiger partial charge on any atom is -0.381 e. The quantitative estimate of drug-likeness (QED) is 0.906. The molecule has 2 amide bonds. The van der Waals surface area contributed by atoms with Crippen molar-refractivity contribution in [2.45, 2.75) is 25.0 Å². The topological polar surface area (TPSA) is 50.8 Å². The van der Waals surface area contributed by atoms with Crippen molar-refractivity contribution in [2.24, 2.45) is 0 Å². The van der Waals surface area contributed by atoms with Crippen molar-refractivity contribution in [3.8, 4) is 0 Å². The van der Waals surface area contributed by atoms with Gasteiger partial charge in [-0.25, -0.2) is 4.79 Å². The van der Waals surface area contributed by atoms with Crippen molar-refractivity contribution in [1.29, 1.82) is 0 Å². The molecule has 0 unspecified atom stereocenters. The first-order valence-corrected chi connectivity index (χ1v) is 7.92. The fourth-order valence-corrected chi connectivity index (χ4v) is 3.40. The Bertz CT molecular complexity index is 438. The molecule has 110 valence electrons. The van der Waals surface area contributed by atoms with Crippen molar-refractivity contribution in [3.05, 3.63) is 22.4 Å². The van der Waals surface area contributed by atoms with Gasteiger partial charge in [0.05, 0.1) is 25.3 Å². The summed E-state index contributed by atoms with van der Waals surface area (Å²) in [5.41, 5.74) is -0.184. The van der Waals surface area contributed by atoms with Crippen LogP contribution in [0.15, 0.2) is 17.5 Å². The van der Waals surface area contributed by atoms with Gasteiger partial charge in [-0.15, -0.1) is 11.3 Å². The second-order valence-corrected chi connectivity index (χ2v) is 6.34. The van der Waals surface area contributed by atoms with Gasteiger partial charge >= 0.3 is 6.03 Å². The van der Waals surface area contributed by atoms with Gasteiger partial charge in [0.15, 0.2) is 0 Å². The molecule has 2 aliphatic heterocycles. The largest absolute Gasteiger partial charge is 0.381 e. The van der Waals surface area contributed by atoms with Crippen LogP contribution in [-0.4, -0.2) is 49.4 Å². The number of carbonyl (C=O) groups is 1. The summed E-state index contributed by atoms with van der Waals surface area (Å²) < 4.78 is 11.3. The molecule has 0 radical (unpaired) electrons. The number of nitrogens with one attached hydrogen (secondary N) is 1. The lowest BCUT2D eigenvalue weighted by atomic mass is 9.92. The van der Waals surface area contributed by atoms with E-state index >= 15 is 0 Å². The van der Waals surface area contributed by atoms with E-state index in [1.54, 1.807) is 11.3 Å². The van der Waals surface area contributed by atoms with Crippen LogP contribution < -0.4 is 5.32 Å². The number of urea groups is 1. The SMILES string of the molecule is O=C(NCc1cccs1)N1CCOC2(CCOCC2)C1. The second-order valence-electron chi connectivity index (χ2n) is 5.30. The first-order chi connectivity index (χ1) is 9.77. The van der Waals surface area contributed by atoms with Gasteiger partial charge in [0.25, 0.3) is 0 Å². The first kappa shape index (κ1) is 13.9. The van der Waals surface area contributed by atoms with Crippen molar-refractivity contribution in [2.75, 3.05) is 32.9 Å². The normalized spacial score (nSPS) is 21.9. The molecule has 1 aromatic rings. The molecule has 0 bridgehead atoms. The van der Waals surface area contributed by atoms with E-state index in [1.165, 1.54) is 4.88 Å². The van der Waals surface area contributed by atoms with Crippen LogP contribution in [0.1, 0.15) is 17.7 Å². The van der Waals surface area contributed by atoms with Crippen LogP contribution >= 0.6 is 11.3 Å². The van der Waals surface area contributed by atoms with Gasteiger partial charge in [-0.2, -0.15) is 0 Å². The molecule has 1 spiro atoms. The molecule has 2 fully saturated rings. The maximum absolute atomic E-state index is 12.3. The van der Waals surface area contributed by atoms with Gasteiger partial charge in [0, 0.05) is 37.5 Å². The van der Waals surface area contributed by atoms with Gasteiger partial charge in [0.1, 0.15) is 0 Å². The maximum Gasteiger partial charge on any atom is 0.317 e. The molecule has 2 saturated heterocycles. The van der Waals surface area contributed by atoms with Crippen LogP contribution in [0.25, 0.3) is 0 Å². The number of rotatable bonds is 2. The molecule has 5 nitrogen and oxygen atoms in total. The fraction of sp³-hybridized carbons (Fsp3) is 0.643. The van der Waals surface area contributed by atoms with Gasteiger partial charge in [-0.05, 0) is 11.4 Å². The van der Waals surface area contributed by atoms with Crippen LogP contribution in [0.3, 0.4) is 0 Å². The molecule has 1 aromatic heterocycles. The molecule has 20 heavy (non-hydrogen) atoms. The van der Waals surface area contributed by atoms with E-state index in [0.717, 1.165) is 26.1 Å². The Balaban J connectivity index is 1.54. The molecule has 0 aromatic carbocycles. The van der Waals surface area contributed by atoms with Crippen LogP contribution in [0, 0.1) is 0 Å². The lowest BCUT2D eigenvalue weighted by molar-refractivity contribution is -0.145. The molecular formula is C14H20N2O3S. The van der Waals surface area contributed by atoms with E-state index in [0.29, 0.717) is 26.2 Å². The van der Waals surface area contributed by atoms with E-state index in [1.807, 2.05) is 22.4 Å². The average molecular weight is 296 g/mol. The Morgan fingerprint density at radius 1 is 1.40 bits per heavy atom. The summed E-state index contributed by atoms with van der Waals surface area (Å²) in [6.07, 6.45) is 1.75. The number of morpholine rings is 1. The standard InChI is InChI=1S/C14H20N2O3S/c17-13(15-10-12-2-1-9-20-12)16-5-8-19-14(11-16)3-6-18-7-4-14/h1-2,9H,3-8,10-11H2,(H,15,17). The zero-order chi connectivity index (χ0) is 13.8. The minimum absolute atomic E-state index is 0.00701. The fourth-order valence-electron chi connectivity index (χ4n) is 2.75. The van der Waals surface area contributed by atoms with Crippen LogP contribution in [0.2, 0.25) is 0 Å². The predicted molar refractivity (Wildman–Crippen MR) is 76.9 cm³/mol. The molecule has 2 aliphatic rings. The number of nitrogens with zero attached hydrogens (tertiary/aromatic N) is 1. The summed E-state index contributed by atoms with van der Waals surface area (Å²) in [4.78, 5) is 15.3. The van der Waals surface area contributed by atoms with E-state index < -0.39 is 0 Å². The number of amides is 2. The molecule has 3 rings (SSSR count). The summed E-state index contributed by atoms with van der Waals surface area (Å²) in [5, 5.41) is 5.01. The smallest absolute Gasteiger partial charge is 0.317 e. The maximum atomic E-state index is 12.3. The summed E-state index contributed by atoms with van der Waals surface area (Å²) >= 11 is 1.66. The number of hydrogen-bond donors (Lipinski definition) is 1. The highest BCUT2D eigenvalue weighted by atomic mass is 32.1. The molecule has 0 saturated carbocycles. The summed E-state index contributed by atoms with van der Waals surface area (Å²) in [6, 6.07) is 4.04. The Labute approximate surface area is 122 Å². The van der Waals surface area contributed by atoms with Gasteiger partial charge in [-0.1, -0.05) is 6.07 Å². The number of carbonyl (C=O) groups excluding carboxylic acids is 1. The summed E-state index contributed by atoms with van der Waals surface area (Å²) in [7, 11) is 0. The van der Waals surface area contributed by atoms with E-state index in [9.17, 15) is 4.79 Å². The third-order valence-corrected chi connectivity index (χ3v) is 4.81. The first-order valence-electron chi connectivity index (χ1n) is 7.04. The lowest BCUT2D eigenvalue weighted by Gasteiger charge is -2.44. The van der Waals surface area contributed by atoms with Crippen LogP contribution in [0.5, 0.6) is 0 Å². The Hall–Kier alpha value is -1.11. The Morgan fingerprint density at radius 3 is 3.00 bits per heavy atom. The predicted octanol–water partition coefficient (Wildman–Crippen LogP) is 1.84.